The minimum atomic E-state index is 0.413. The van der Waals surface area contributed by atoms with E-state index in [4.69, 9.17) is 19.6 Å². The number of hydrogen-bond acceptors (Lipinski definition) is 6. The van der Waals surface area contributed by atoms with E-state index < -0.39 is 0 Å². The highest BCUT2D eigenvalue weighted by molar-refractivity contribution is 6.18. The first kappa shape index (κ1) is 23.1. The maximum atomic E-state index is 5.59. The number of hydrazone groups is 1. The summed E-state index contributed by atoms with van der Waals surface area (Å²) in [5.74, 6) is 1.97. The Morgan fingerprint density at radius 1 is 0.943 bits per heavy atom. The van der Waals surface area contributed by atoms with Crippen LogP contribution in [0.4, 0.5) is 11.4 Å². The maximum Gasteiger partial charge on any atom is 0.154 e. The Balaban J connectivity index is 1.52. The van der Waals surface area contributed by atoms with Gasteiger partial charge in [-0.2, -0.15) is 5.10 Å². The van der Waals surface area contributed by atoms with Crippen LogP contribution in [0.3, 0.4) is 0 Å². The number of benzene rings is 3. The first-order chi connectivity index (χ1) is 17.1. The molecule has 0 radical (unpaired) electrons. The van der Waals surface area contributed by atoms with Crippen LogP contribution in [0.15, 0.2) is 76.8 Å². The van der Waals surface area contributed by atoms with Crippen molar-refractivity contribution >= 4 is 22.9 Å². The molecule has 0 saturated carbocycles. The van der Waals surface area contributed by atoms with Crippen LogP contribution in [0.2, 0.25) is 0 Å². The van der Waals surface area contributed by atoms with Gasteiger partial charge in [0.05, 0.1) is 31.2 Å². The van der Waals surface area contributed by atoms with Crippen LogP contribution in [0.1, 0.15) is 48.9 Å². The Labute approximate surface area is 207 Å². The van der Waals surface area contributed by atoms with Crippen LogP contribution in [0, 0.1) is 0 Å². The normalized spacial score (nSPS) is 15.6. The van der Waals surface area contributed by atoms with Crippen LogP contribution in [0.5, 0.6) is 5.75 Å². The topological polar surface area (TPSA) is 58.5 Å². The molecule has 0 atom stereocenters. The molecule has 0 bridgehead atoms. The van der Waals surface area contributed by atoms with Gasteiger partial charge in [0.2, 0.25) is 0 Å². The minimum Gasteiger partial charge on any atom is -0.494 e. The number of nitrogens with zero attached hydrogens (tertiary/aromatic N) is 3. The standard InChI is InChI=1S/C29H32N4O2/c1-4-35-25-12-7-22(8-13-25)29-30-27-14-9-23(20(2)3)19-26(27)28(31-32-29)21-5-10-24(11-6-21)33-15-17-34-18-16-33/h5-14,19-20H,4,15-18H2,1-3H3,(H,30,32). The quantitative estimate of drug-likeness (QED) is 0.521. The molecule has 1 fully saturated rings. The van der Waals surface area contributed by atoms with Crippen LogP contribution < -0.4 is 15.1 Å². The smallest absolute Gasteiger partial charge is 0.154 e. The highest BCUT2D eigenvalue weighted by atomic mass is 16.5. The summed E-state index contributed by atoms with van der Waals surface area (Å²) in [6, 6.07) is 23.1. The summed E-state index contributed by atoms with van der Waals surface area (Å²) in [5.41, 5.74) is 10.6. The molecule has 2 aliphatic heterocycles. The van der Waals surface area contributed by atoms with Crippen molar-refractivity contribution in [3.8, 4) is 5.75 Å². The van der Waals surface area contributed by atoms with Crippen molar-refractivity contribution in [3.05, 3.63) is 89.0 Å². The van der Waals surface area contributed by atoms with Gasteiger partial charge in [-0.15, -0.1) is 0 Å². The third-order valence-corrected chi connectivity index (χ3v) is 6.40. The number of hydrogen-bond donors (Lipinski definition) is 1. The number of ether oxygens (including phenoxy) is 2. The number of morpholine rings is 1. The molecule has 0 aromatic heterocycles. The van der Waals surface area contributed by atoms with Gasteiger partial charge in [-0.25, -0.2) is 4.99 Å². The van der Waals surface area contributed by atoms with E-state index in [1.165, 1.54) is 11.3 Å². The second-order valence-electron chi connectivity index (χ2n) is 9.07. The lowest BCUT2D eigenvalue weighted by atomic mass is 9.94. The van der Waals surface area contributed by atoms with Crippen molar-refractivity contribution in [1.82, 2.24) is 5.43 Å². The molecule has 2 heterocycles. The van der Waals surface area contributed by atoms with Gasteiger partial charge in [0.15, 0.2) is 5.84 Å². The number of anilines is 1. The monoisotopic (exact) mass is 468 g/mol. The number of amidine groups is 1. The van der Waals surface area contributed by atoms with E-state index >= 15 is 0 Å². The van der Waals surface area contributed by atoms with Crippen molar-refractivity contribution in [3.63, 3.8) is 0 Å². The molecule has 3 aromatic carbocycles. The second kappa shape index (κ2) is 10.3. The SMILES string of the molecule is CCOc1ccc(C2=Nc3ccc(C(C)C)cc3C(c3ccc(N4CCOCC4)cc3)=NN2)cc1. The molecule has 6 nitrogen and oxygen atoms in total. The number of rotatable bonds is 6. The van der Waals surface area contributed by atoms with Gasteiger partial charge in [-0.05, 0) is 66.9 Å². The van der Waals surface area contributed by atoms with Gasteiger partial charge in [0.25, 0.3) is 0 Å². The summed E-state index contributed by atoms with van der Waals surface area (Å²) >= 11 is 0. The van der Waals surface area contributed by atoms with Crippen molar-refractivity contribution in [1.29, 1.82) is 0 Å². The molecule has 180 valence electrons. The molecular weight excluding hydrogens is 436 g/mol. The van der Waals surface area contributed by atoms with Gasteiger partial charge in [-0.1, -0.05) is 32.0 Å². The zero-order valence-corrected chi connectivity index (χ0v) is 20.6. The lowest BCUT2D eigenvalue weighted by Gasteiger charge is -2.29. The van der Waals surface area contributed by atoms with Crippen LogP contribution in [-0.2, 0) is 4.74 Å². The Morgan fingerprint density at radius 3 is 2.34 bits per heavy atom. The molecule has 5 rings (SSSR count). The average Bonchev–Trinajstić information content (AvgIpc) is 3.09. The van der Waals surface area contributed by atoms with E-state index in [-0.39, 0.29) is 0 Å². The summed E-state index contributed by atoms with van der Waals surface area (Å²) in [6.45, 7) is 10.4. The Bertz CT molecular complexity index is 1220. The number of aliphatic imine (C=N–C) groups is 1. The Hall–Kier alpha value is -3.64. The van der Waals surface area contributed by atoms with Crippen molar-refractivity contribution in [2.75, 3.05) is 37.8 Å². The Kier molecular flexibility index (Phi) is 6.82. The van der Waals surface area contributed by atoms with E-state index in [0.717, 1.165) is 60.1 Å². The molecule has 1 saturated heterocycles. The fourth-order valence-corrected chi connectivity index (χ4v) is 4.39. The molecule has 2 aliphatic rings. The fourth-order valence-electron chi connectivity index (χ4n) is 4.39. The van der Waals surface area contributed by atoms with Crippen molar-refractivity contribution in [2.24, 2.45) is 10.1 Å². The first-order valence-corrected chi connectivity index (χ1v) is 12.4. The lowest BCUT2D eigenvalue weighted by molar-refractivity contribution is 0.122. The molecule has 6 heteroatoms. The average molecular weight is 469 g/mol. The summed E-state index contributed by atoms with van der Waals surface area (Å²) in [4.78, 5) is 7.34. The largest absolute Gasteiger partial charge is 0.494 e. The molecule has 1 N–H and O–H groups in total. The minimum absolute atomic E-state index is 0.413. The van der Waals surface area contributed by atoms with Crippen LogP contribution >= 0.6 is 0 Å². The van der Waals surface area contributed by atoms with Crippen molar-refractivity contribution in [2.45, 2.75) is 26.7 Å². The van der Waals surface area contributed by atoms with Gasteiger partial charge in [0, 0.05) is 35.5 Å². The number of fused-ring (bicyclic) bond motifs is 1. The van der Waals surface area contributed by atoms with Gasteiger partial charge in [-0.3, -0.25) is 5.43 Å². The van der Waals surface area contributed by atoms with E-state index in [9.17, 15) is 0 Å². The number of nitrogens with one attached hydrogen (secondary N) is 1. The van der Waals surface area contributed by atoms with Gasteiger partial charge in [0.1, 0.15) is 5.75 Å². The van der Waals surface area contributed by atoms with Gasteiger partial charge < -0.3 is 14.4 Å². The summed E-state index contributed by atoms with van der Waals surface area (Å²) < 4.78 is 11.1. The van der Waals surface area contributed by atoms with Crippen molar-refractivity contribution < 1.29 is 9.47 Å². The molecule has 0 spiro atoms. The van der Waals surface area contributed by atoms with E-state index in [2.05, 4.69) is 66.6 Å². The van der Waals surface area contributed by atoms with E-state index in [1.807, 2.05) is 31.2 Å². The van der Waals surface area contributed by atoms with E-state index in [1.54, 1.807) is 0 Å². The predicted octanol–water partition coefficient (Wildman–Crippen LogP) is 5.48. The highest BCUT2D eigenvalue weighted by Gasteiger charge is 2.19. The zero-order valence-electron chi connectivity index (χ0n) is 20.6. The zero-order chi connectivity index (χ0) is 24.2. The third kappa shape index (κ3) is 5.08. The van der Waals surface area contributed by atoms with Crippen LogP contribution in [-0.4, -0.2) is 44.5 Å². The summed E-state index contributed by atoms with van der Waals surface area (Å²) in [7, 11) is 0. The second-order valence-corrected chi connectivity index (χ2v) is 9.07. The maximum absolute atomic E-state index is 5.59. The van der Waals surface area contributed by atoms with Gasteiger partial charge >= 0.3 is 0 Å². The van der Waals surface area contributed by atoms with E-state index in [0.29, 0.717) is 18.4 Å². The lowest BCUT2D eigenvalue weighted by Crippen LogP contribution is -2.36. The third-order valence-electron chi connectivity index (χ3n) is 6.40. The molecule has 35 heavy (non-hydrogen) atoms. The highest BCUT2D eigenvalue weighted by Crippen LogP contribution is 2.30. The molecule has 0 aliphatic carbocycles. The Morgan fingerprint density at radius 2 is 1.66 bits per heavy atom. The molecular formula is C29H32N4O2. The predicted molar refractivity (Wildman–Crippen MR) is 143 cm³/mol. The van der Waals surface area contributed by atoms with Crippen LogP contribution in [0.25, 0.3) is 0 Å². The summed E-state index contributed by atoms with van der Waals surface area (Å²) in [5, 5.41) is 4.86. The fraction of sp³-hybridized carbons (Fsp3) is 0.310. The molecule has 0 amide bonds. The molecule has 0 unspecified atom stereocenters. The summed E-state index contributed by atoms with van der Waals surface area (Å²) in [6.07, 6.45) is 0. The molecule has 3 aromatic rings. The first-order valence-electron chi connectivity index (χ1n) is 12.4.